The summed E-state index contributed by atoms with van der Waals surface area (Å²) in [6, 6.07) is 0. The summed E-state index contributed by atoms with van der Waals surface area (Å²) >= 11 is 0. The molecule has 2 rings (SSSR count). The van der Waals surface area contributed by atoms with E-state index in [1.54, 1.807) is 0 Å². The van der Waals surface area contributed by atoms with Crippen LogP contribution in [0.2, 0.25) is 0 Å². The van der Waals surface area contributed by atoms with Gasteiger partial charge in [0.15, 0.2) is 0 Å². The van der Waals surface area contributed by atoms with Gasteiger partial charge in [0.05, 0.1) is 0 Å². The van der Waals surface area contributed by atoms with E-state index in [4.69, 9.17) is 4.74 Å². The first kappa shape index (κ1) is 32.7. The van der Waals surface area contributed by atoms with Crippen molar-refractivity contribution in [2.75, 3.05) is 26.2 Å². The first-order valence-electron chi connectivity index (χ1n) is 12.5. The minimum Gasteiger partial charge on any atom is -0.444 e. The van der Waals surface area contributed by atoms with Crippen molar-refractivity contribution in [3.63, 3.8) is 0 Å². The van der Waals surface area contributed by atoms with Crippen molar-refractivity contribution in [3.8, 4) is 0 Å². The lowest BCUT2D eigenvalue weighted by molar-refractivity contribution is 0.0160. The highest BCUT2D eigenvalue weighted by Crippen LogP contribution is 2.23. The summed E-state index contributed by atoms with van der Waals surface area (Å²) in [5, 5.41) is 3.46. The monoisotopic (exact) mass is 462 g/mol. The van der Waals surface area contributed by atoms with Gasteiger partial charge in [0.2, 0.25) is 0 Å². The fraction of sp³-hybridized carbons (Fsp3) is 0.962. The van der Waals surface area contributed by atoms with Gasteiger partial charge in [0.1, 0.15) is 5.60 Å². The second-order valence-electron chi connectivity index (χ2n) is 10.1. The van der Waals surface area contributed by atoms with Crippen molar-refractivity contribution in [1.82, 2.24) is 10.2 Å². The van der Waals surface area contributed by atoms with Crippen molar-refractivity contribution < 1.29 is 9.53 Å². The van der Waals surface area contributed by atoms with E-state index in [0.717, 1.165) is 25.4 Å². The number of halogens is 1. The highest BCUT2D eigenvalue weighted by Gasteiger charge is 2.27. The molecular weight excluding hydrogens is 408 g/mol. The number of ether oxygens (including phenoxy) is 1. The third-order valence-corrected chi connectivity index (χ3v) is 6.00. The second kappa shape index (κ2) is 19.0. The van der Waals surface area contributed by atoms with Gasteiger partial charge in [-0.2, -0.15) is 0 Å². The number of rotatable bonds is 8. The molecule has 1 amide bonds. The van der Waals surface area contributed by atoms with E-state index in [9.17, 15) is 4.79 Å². The highest BCUT2D eigenvalue weighted by atomic mass is 35.5. The van der Waals surface area contributed by atoms with Gasteiger partial charge in [-0.1, -0.05) is 59.8 Å². The fourth-order valence-electron chi connectivity index (χ4n) is 4.33. The van der Waals surface area contributed by atoms with Crippen molar-refractivity contribution in [3.05, 3.63) is 0 Å². The lowest BCUT2D eigenvalue weighted by atomic mass is 9.93. The number of amides is 1. The Balaban J connectivity index is 0. The van der Waals surface area contributed by atoms with Crippen LogP contribution in [-0.4, -0.2) is 42.8 Å². The third kappa shape index (κ3) is 16.8. The smallest absolute Gasteiger partial charge is 0.410 e. The summed E-state index contributed by atoms with van der Waals surface area (Å²) in [6.45, 7) is 14.6. The summed E-state index contributed by atoms with van der Waals surface area (Å²) < 4.78 is 5.44. The van der Waals surface area contributed by atoms with Gasteiger partial charge in [-0.3, -0.25) is 0 Å². The first-order valence-corrected chi connectivity index (χ1v) is 12.5. The molecule has 2 atom stereocenters. The minimum atomic E-state index is -0.383. The number of hydrogen-bond acceptors (Lipinski definition) is 3. The zero-order chi connectivity index (χ0) is 21.5. The summed E-state index contributed by atoms with van der Waals surface area (Å²) in [7, 11) is 0. The van der Waals surface area contributed by atoms with Crippen LogP contribution in [0.15, 0.2) is 0 Å². The predicted molar refractivity (Wildman–Crippen MR) is 138 cm³/mol. The SMILES string of the molecule is C.CCCCCC1CCCN(C(=O)OC(C)(C)C)C1.CCCCCC1CCCNC1.Cl. The highest BCUT2D eigenvalue weighted by molar-refractivity contribution is 5.85. The van der Waals surface area contributed by atoms with Crippen LogP contribution in [0, 0.1) is 11.8 Å². The summed E-state index contributed by atoms with van der Waals surface area (Å²) in [4.78, 5) is 13.9. The van der Waals surface area contributed by atoms with Crippen LogP contribution in [0.25, 0.3) is 0 Å². The van der Waals surface area contributed by atoms with Gasteiger partial charge in [0.25, 0.3) is 0 Å². The summed E-state index contributed by atoms with van der Waals surface area (Å²) in [5.74, 6) is 1.67. The number of carbonyl (C=O) groups excluding carboxylic acids is 1. The van der Waals surface area contributed by atoms with Crippen LogP contribution in [0.1, 0.15) is 119 Å². The Morgan fingerprint density at radius 1 is 0.968 bits per heavy atom. The molecular formula is C26H55ClN2O2. The van der Waals surface area contributed by atoms with Crippen LogP contribution < -0.4 is 5.32 Å². The molecule has 2 heterocycles. The number of piperidine rings is 2. The molecule has 0 aromatic carbocycles. The van der Waals surface area contributed by atoms with Gasteiger partial charge in [0, 0.05) is 13.1 Å². The van der Waals surface area contributed by atoms with Crippen LogP contribution >= 0.6 is 12.4 Å². The molecule has 0 aliphatic carbocycles. The molecule has 0 saturated carbocycles. The van der Waals surface area contributed by atoms with E-state index in [2.05, 4.69) is 19.2 Å². The Kier molecular flexibility index (Phi) is 20.1. The molecule has 2 unspecified atom stereocenters. The number of unbranched alkanes of at least 4 members (excludes halogenated alkanes) is 4. The molecule has 0 aromatic heterocycles. The number of nitrogens with zero attached hydrogens (tertiary/aromatic N) is 1. The quantitative estimate of drug-likeness (QED) is 0.373. The molecule has 0 aromatic rings. The molecule has 2 fully saturated rings. The molecule has 188 valence electrons. The molecule has 4 nitrogen and oxygen atoms in total. The van der Waals surface area contributed by atoms with Gasteiger partial charge >= 0.3 is 6.09 Å². The molecule has 2 aliphatic heterocycles. The largest absolute Gasteiger partial charge is 0.444 e. The van der Waals surface area contributed by atoms with Gasteiger partial charge < -0.3 is 15.0 Å². The van der Waals surface area contributed by atoms with Crippen molar-refractivity contribution in [2.45, 2.75) is 125 Å². The maximum atomic E-state index is 12.0. The van der Waals surface area contributed by atoms with E-state index in [1.165, 1.54) is 83.7 Å². The lowest BCUT2D eigenvalue weighted by Gasteiger charge is -2.34. The Hall–Kier alpha value is -0.480. The molecule has 0 spiro atoms. The van der Waals surface area contributed by atoms with E-state index >= 15 is 0 Å². The van der Waals surface area contributed by atoms with E-state index < -0.39 is 0 Å². The molecule has 2 saturated heterocycles. The van der Waals surface area contributed by atoms with Crippen LogP contribution in [0.4, 0.5) is 4.79 Å². The third-order valence-electron chi connectivity index (χ3n) is 6.00. The fourth-order valence-corrected chi connectivity index (χ4v) is 4.33. The zero-order valence-electron chi connectivity index (χ0n) is 20.6. The molecule has 31 heavy (non-hydrogen) atoms. The number of nitrogens with one attached hydrogen (secondary N) is 1. The minimum absolute atomic E-state index is 0. The molecule has 5 heteroatoms. The Morgan fingerprint density at radius 3 is 2.06 bits per heavy atom. The summed E-state index contributed by atoms with van der Waals surface area (Å²) in [5.41, 5.74) is -0.383. The molecule has 2 aliphatic rings. The van der Waals surface area contributed by atoms with E-state index in [0.29, 0.717) is 5.92 Å². The van der Waals surface area contributed by atoms with Gasteiger partial charge in [-0.15, -0.1) is 12.4 Å². The zero-order valence-corrected chi connectivity index (χ0v) is 21.5. The van der Waals surface area contributed by atoms with Crippen molar-refractivity contribution >= 4 is 18.5 Å². The van der Waals surface area contributed by atoms with E-state index in [-0.39, 0.29) is 31.5 Å². The second-order valence-corrected chi connectivity index (χ2v) is 10.1. The Bertz CT molecular complexity index is 420. The molecule has 0 radical (unpaired) electrons. The lowest BCUT2D eigenvalue weighted by Crippen LogP contribution is -2.42. The van der Waals surface area contributed by atoms with Crippen LogP contribution in [-0.2, 0) is 4.74 Å². The van der Waals surface area contributed by atoms with Crippen LogP contribution in [0.3, 0.4) is 0 Å². The topological polar surface area (TPSA) is 41.6 Å². The Morgan fingerprint density at radius 2 is 1.55 bits per heavy atom. The normalized spacial score (nSPS) is 21.1. The maximum Gasteiger partial charge on any atom is 0.410 e. The van der Waals surface area contributed by atoms with E-state index in [1.807, 2.05) is 25.7 Å². The summed E-state index contributed by atoms with van der Waals surface area (Å²) in [6.07, 6.45) is 15.9. The maximum absolute atomic E-state index is 12.0. The predicted octanol–water partition coefficient (Wildman–Crippen LogP) is 7.84. The molecule has 1 N–H and O–H groups in total. The number of likely N-dealkylation sites (tertiary alicyclic amines) is 1. The average Bonchev–Trinajstić information content (AvgIpc) is 2.69. The van der Waals surface area contributed by atoms with Gasteiger partial charge in [-0.25, -0.2) is 4.79 Å². The Labute approximate surface area is 201 Å². The standard InChI is InChI=1S/C15H29NO2.C10H21N.CH4.ClH/c1-5-6-7-9-13-10-8-11-16(12-13)14(17)18-15(2,3)4;1-2-3-4-6-10-7-5-8-11-9-10;;/h13H,5-12H2,1-4H3;10-11H,2-9H2,1H3;1H4;1H. The van der Waals surface area contributed by atoms with Crippen LogP contribution in [0.5, 0.6) is 0 Å². The first-order chi connectivity index (χ1) is 13.9. The van der Waals surface area contributed by atoms with Crippen molar-refractivity contribution in [2.24, 2.45) is 11.8 Å². The van der Waals surface area contributed by atoms with Crippen molar-refractivity contribution in [1.29, 1.82) is 0 Å². The molecule has 0 bridgehead atoms. The van der Waals surface area contributed by atoms with Gasteiger partial charge in [-0.05, 0) is 84.2 Å². The number of hydrogen-bond donors (Lipinski definition) is 1. The average molecular weight is 463 g/mol. The number of carbonyl (C=O) groups is 1.